The lowest BCUT2D eigenvalue weighted by atomic mass is 10.1. The fourth-order valence-corrected chi connectivity index (χ4v) is 2.09. The van der Waals surface area contributed by atoms with Crippen molar-refractivity contribution in [3.63, 3.8) is 0 Å². The van der Waals surface area contributed by atoms with E-state index >= 15 is 0 Å². The van der Waals surface area contributed by atoms with E-state index in [0.29, 0.717) is 22.3 Å². The van der Waals surface area contributed by atoms with Crippen molar-refractivity contribution in [2.45, 2.75) is 13.5 Å². The predicted octanol–water partition coefficient (Wildman–Crippen LogP) is 4.55. The van der Waals surface area contributed by atoms with Crippen molar-refractivity contribution >= 4 is 23.2 Å². The van der Waals surface area contributed by atoms with Gasteiger partial charge >= 0.3 is 0 Å². The van der Waals surface area contributed by atoms with E-state index in [2.05, 4.69) is 0 Å². The number of rotatable bonds is 3. The quantitative estimate of drug-likeness (QED) is 0.896. The van der Waals surface area contributed by atoms with Crippen LogP contribution in [0, 0.1) is 6.92 Å². The molecule has 4 heteroatoms. The number of aryl methyl sites for hydroxylation is 1. The van der Waals surface area contributed by atoms with Crippen molar-refractivity contribution in [3.05, 3.63) is 57.6 Å². The molecule has 0 saturated carbocycles. The van der Waals surface area contributed by atoms with Gasteiger partial charge in [-0.2, -0.15) is 0 Å². The summed E-state index contributed by atoms with van der Waals surface area (Å²) < 4.78 is 5.71. The number of halogens is 2. The van der Waals surface area contributed by atoms with Gasteiger partial charge < -0.3 is 10.5 Å². The molecule has 18 heavy (non-hydrogen) atoms. The van der Waals surface area contributed by atoms with Crippen molar-refractivity contribution in [3.8, 4) is 11.5 Å². The molecular formula is C14H13Cl2NO. The summed E-state index contributed by atoms with van der Waals surface area (Å²) in [5.74, 6) is 1.31. The highest BCUT2D eigenvalue weighted by Crippen LogP contribution is 2.32. The summed E-state index contributed by atoms with van der Waals surface area (Å²) in [6, 6.07) is 10.9. The van der Waals surface area contributed by atoms with Gasteiger partial charge in [0.05, 0.1) is 5.02 Å². The molecule has 0 heterocycles. The summed E-state index contributed by atoms with van der Waals surface area (Å²) >= 11 is 11.9. The summed E-state index contributed by atoms with van der Waals surface area (Å²) in [4.78, 5) is 0. The molecule has 0 fully saturated rings. The normalized spacial score (nSPS) is 10.4. The molecule has 94 valence electrons. The maximum absolute atomic E-state index is 6.05. The van der Waals surface area contributed by atoms with Crippen molar-refractivity contribution in [2.24, 2.45) is 5.73 Å². The van der Waals surface area contributed by atoms with Gasteiger partial charge in [-0.15, -0.1) is 0 Å². The highest BCUT2D eigenvalue weighted by atomic mass is 35.5. The Morgan fingerprint density at radius 3 is 2.50 bits per heavy atom. The van der Waals surface area contributed by atoms with Crippen molar-refractivity contribution in [2.75, 3.05) is 0 Å². The monoisotopic (exact) mass is 281 g/mol. The molecule has 0 atom stereocenters. The smallest absolute Gasteiger partial charge is 0.146 e. The van der Waals surface area contributed by atoms with Crippen molar-refractivity contribution in [1.82, 2.24) is 0 Å². The van der Waals surface area contributed by atoms with Crippen LogP contribution in [-0.2, 0) is 6.54 Å². The molecule has 0 aliphatic rings. The number of hydrogen-bond acceptors (Lipinski definition) is 2. The molecule has 2 rings (SSSR count). The Labute approximate surface area is 116 Å². The fourth-order valence-electron chi connectivity index (χ4n) is 1.65. The lowest BCUT2D eigenvalue weighted by molar-refractivity contribution is 0.482. The molecule has 0 saturated heterocycles. The van der Waals surface area contributed by atoms with Gasteiger partial charge in [-0.25, -0.2) is 0 Å². The van der Waals surface area contributed by atoms with Crippen LogP contribution in [-0.4, -0.2) is 0 Å². The van der Waals surface area contributed by atoms with Gasteiger partial charge in [-0.05, 0) is 48.4 Å². The zero-order valence-electron chi connectivity index (χ0n) is 9.91. The first-order chi connectivity index (χ1) is 8.60. The summed E-state index contributed by atoms with van der Waals surface area (Å²) in [5, 5.41) is 1.07. The average molecular weight is 282 g/mol. The van der Waals surface area contributed by atoms with E-state index in [1.807, 2.05) is 25.1 Å². The predicted molar refractivity (Wildman–Crippen MR) is 75.6 cm³/mol. The number of benzene rings is 2. The molecule has 2 N–H and O–H groups in total. The molecular weight excluding hydrogens is 269 g/mol. The summed E-state index contributed by atoms with van der Waals surface area (Å²) in [7, 11) is 0. The van der Waals surface area contributed by atoms with Gasteiger partial charge in [-0.1, -0.05) is 29.3 Å². The lowest BCUT2D eigenvalue weighted by Crippen LogP contribution is -1.99. The van der Waals surface area contributed by atoms with Crippen LogP contribution in [0.25, 0.3) is 0 Å². The first-order valence-electron chi connectivity index (χ1n) is 5.52. The molecule has 0 radical (unpaired) electrons. The first kappa shape index (κ1) is 13.2. The van der Waals surface area contributed by atoms with Gasteiger partial charge in [0.2, 0.25) is 0 Å². The highest BCUT2D eigenvalue weighted by Gasteiger charge is 2.05. The van der Waals surface area contributed by atoms with Crippen LogP contribution in [0.1, 0.15) is 11.1 Å². The minimum atomic E-state index is 0.489. The van der Waals surface area contributed by atoms with E-state index in [4.69, 9.17) is 33.7 Å². The Balaban J connectivity index is 2.26. The molecule has 0 aliphatic carbocycles. The third kappa shape index (κ3) is 2.96. The molecule has 2 aromatic rings. The second-order valence-electron chi connectivity index (χ2n) is 3.97. The van der Waals surface area contributed by atoms with Gasteiger partial charge in [0, 0.05) is 11.6 Å². The maximum atomic E-state index is 6.05. The Kier molecular flexibility index (Phi) is 4.12. The molecule has 0 spiro atoms. The fraction of sp³-hybridized carbons (Fsp3) is 0.143. The largest absolute Gasteiger partial charge is 0.456 e. The summed E-state index contributed by atoms with van der Waals surface area (Å²) in [5.41, 5.74) is 7.82. The maximum Gasteiger partial charge on any atom is 0.146 e. The van der Waals surface area contributed by atoms with Gasteiger partial charge in [-0.3, -0.25) is 0 Å². The van der Waals surface area contributed by atoms with Crippen LogP contribution in [0.15, 0.2) is 36.4 Å². The molecule has 2 nitrogen and oxygen atoms in total. The minimum absolute atomic E-state index is 0.489. The number of hydrogen-bond donors (Lipinski definition) is 1. The Morgan fingerprint density at radius 2 is 1.89 bits per heavy atom. The Morgan fingerprint density at radius 1 is 1.11 bits per heavy atom. The third-order valence-electron chi connectivity index (χ3n) is 2.66. The lowest BCUT2D eigenvalue weighted by Gasteiger charge is -2.10. The first-order valence-corrected chi connectivity index (χ1v) is 6.28. The van der Waals surface area contributed by atoms with Crippen LogP contribution in [0.5, 0.6) is 11.5 Å². The van der Waals surface area contributed by atoms with E-state index < -0.39 is 0 Å². The standard InChI is InChI=1S/C14H13Cl2NO/c1-9-6-12(4-2-10(9)8-17)18-14-5-3-11(15)7-13(14)16/h2-7H,8,17H2,1H3. The van der Waals surface area contributed by atoms with Crippen LogP contribution in [0.4, 0.5) is 0 Å². The topological polar surface area (TPSA) is 35.2 Å². The van der Waals surface area contributed by atoms with E-state index in [-0.39, 0.29) is 0 Å². The van der Waals surface area contributed by atoms with E-state index in [0.717, 1.165) is 16.9 Å². The number of ether oxygens (including phenoxy) is 1. The Bertz CT molecular complexity index is 570. The van der Waals surface area contributed by atoms with E-state index in [1.165, 1.54) is 0 Å². The molecule has 0 aromatic heterocycles. The zero-order valence-corrected chi connectivity index (χ0v) is 11.4. The molecule has 2 aromatic carbocycles. The van der Waals surface area contributed by atoms with Crippen LogP contribution >= 0.6 is 23.2 Å². The highest BCUT2D eigenvalue weighted by molar-refractivity contribution is 6.35. The van der Waals surface area contributed by atoms with E-state index in [1.54, 1.807) is 18.2 Å². The van der Waals surface area contributed by atoms with Gasteiger partial charge in [0.25, 0.3) is 0 Å². The van der Waals surface area contributed by atoms with Crippen LogP contribution in [0.2, 0.25) is 10.0 Å². The third-order valence-corrected chi connectivity index (χ3v) is 3.19. The molecule has 0 bridgehead atoms. The minimum Gasteiger partial charge on any atom is -0.456 e. The second-order valence-corrected chi connectivity index (χ2v) is 4.81. The zero-order chi connectivity index (χ0) is 13.1. The summed E-state index contributed by atoms with van der Waals surface area (Å²) in [6.45, 7) is 2.52. The van der Waals surface area contributed by atoms with Crippen LogP contribution in [0.3, 0.4) is 0 Å². The van der Waals surface area contributed by atoms with Crippen molar-refractivity contribution in [1.29, 1.82) is 0 Å². The molecule has 0 unspecified atom stereocenters. The summed E-state index contributed by atoms with van der Waals surface area (Å²) in [6.07, 6.45) is 0. The van der Waals surface area contributed by atoms with Gasteiger partial charge in [0.1, 0.15) is 11.5 Å². The second kappa shape index (κ2) is 5.61. The molecule has 0 amide bonds. The molecule has 0 aliphatic heterocycles. The van der Waals surface area contributed by atoms with Gasteiger partial charge in [0.15, 0.2) is 0 Å². The van der Waals surface area contributed by atoms with Crippen LogP contribution < -0.4 is 10.5 Å². The number of nitrogens with two attached hydrogens (primary N) is 1. The average Bonchev–Trinajstić information content (AvgIpc) is 2.33. The SMILES string of the molecule is Cc1cc(Oc2ccc(Cl)cc2Cl)ccc1CN. The van der Waals surface area contributed by atoms with E-state index in [9.17, 15) is 0 Å². The van der Waals surface area contributed by atoms with Crippen molar-refractivity contribution < 1.29 is 4.74 Å². The Hall–Kier alpha value is -1.22.